The minimum Gasteiger partial charge on any atom is -0.505 e. The van der Waals surface area contributed by atoms with E-state index in [0.717, 1.165) is 4.90 Å². The van der Waals surface area contributed by atoms with Crippen molar-refractivity contribution in [1.29, 1.82) is 0 Å². The lowest BCUT2D eigenvalue weighted by Crippen LogP contribution is -2.54. The van der Waals surface area contributed by atoms with Gasteiger partial charge < -0.3 is 10.2 Å². The third-order valence-corrected chi connectivity index (χ3v) is 4.98. The third-order valence-electron chi connectivity index (χ3n) is 3.80. The van der Waals surface area contributed by atoms with E-state index >= 15 is 0 Å². The van der Waals surface area contributed by atoms with Gasteiger partial charge >= 0.3 is 5.97 Å². The van der Waals surface area contributed by atoms with Crippen LogP contribution in [0.1, 0.15) is 15.9 Å². The Labute approximate surface area is 177 Å². The summed E-state index contributed by atoms with van der Waals surface area (Å²) in [6.45, 7) is 0. The summed E-state index contributed by atoms with van der Waals surface area (Å²) in [6, 6.07) is 8.48. The van der Waals surface area contributed by atoms with E-state index in [-0.39, 0.29) is 37.2 Å². The van der Waals surface area contributed by atoms with Crippen LogP contribution in [0.15, 0.2) is 46.4 Å². The number of anilines is 1. The number of carboxylic acid groups (broad SMARTS) is 1. The highest BCUT2D eigenvalue weighted by molar-refractivity contribution is 9.10. The largest absolute Gasteiger partial charge is 0.505 e. The molecular formula is C18H10BrClN2O5S. The Morgan fingerprint density at radius 1 is 1.25 bits per heavy atom. The van der Waals surface area contributed by atoms with Crippen molar-refractivity contribution in [1.82, 2.24) is 5.32 Å². The first-order chi connectivity index (χ1) is 13.2. The molecule has 1 saturated heterocycles. The molecule has 7 nitrogen and oxygen atoms in total. The Kier molecular flexibility index (Phi) is 5.50. The van der Waals surface area contributed by atoms with Crippen LogP contribution in [-0.2, 0) is 9.59 Å². The summed E-state index contributed by atoms with van der Waals surface area (Å²) in [5.74, 6) is -2.77. The van der Waals surface area contributed by atoms with Crippen LogP contribution in [-0.4, -0.2) is 33.1 Å². The van der Waals surface area contributed by atoms with Gasteiger partial charge in [-0.25, -0.2) is 4.79 Å². The number of nitrogens with one attached hydrogen (secondary N) is 1. The van der Waals surface area contributed by atoms with E-state index in [1.54, 1.807) is 0 Å². The zero-order valence-electron chi connectivity index (χ0n) is 13.8. The molecule has 1 aliphatic heterocycles. The van der Waals surface area contributed by atoms with Gasteiger partial charge in [-0.1, -0.05) is 17.7 Å². The fraction of sp³-hybridized carbons (Fsp3) is 0. The fourth-order valence-electron chi connectivity index (χ4n) is 2.51. The first kappa shape index (κ1) is 20.0. The van der Waals surface area contributed by atoms with Crippen LogP contribution in [0.2, 0.25) is 5.02 Å². The smallest absolute Gasteiger partial charge is 0.335 e. The van der Waals surface area contributed by atoms with Crippen molar-refractivity contribution >= 4 is 74.4 Å². The number of nitrogens with zero attached hydrogens (tertiary/aromatic N) is 1. The maximum absolute atomic E-state index is 12.9. The minimum atomic E-state index is -1.17. The number of amides is 2. The lowest BCUT2D eigenvalue weighted by Gasteiger charge is -2.29. The predicted molar refractivity (Wildman–Crippen MR) is 110 cm³/mol. The Balaban J connectivity index is 2.06. The number of halogens is 2. The molecule has 1 heterocycles. The molecule has 28 heavy (non-hydrogen) atoms. The van der Waals surface area contributed by atoms with E-state index in [1.807, 2.05) is 0 Å². The number of phenols is 1. The van der Waals surface area contributed by atoms with Crippen molar-refractivity contribution in [2.75, 3.05) is 4.90 Å². The fourth-order valence-corrected chi connectivity index (χ4v) is 3.61. The highest BCUT2D eigenvalue weighted by Crippen LogP contribution is 2.34. The van der Waals surface area contributed by atoms with Gasteiger partial charge in [0.25, 0.3) is 11.8 Å². The van der Waals surface area contributed by atoms with Crippen LogP contribution in [0.5, 0.6) is 5.75 Å². The van der Waals surface area contributed by atoms with Crippen molar-refractivity contribution in [2.24, 2.45) is 0 Å². The molecule has 3 N–H and O–H groups in total. The summed E-state index contributed by atoms with van der Waals surface area (Å²) in [4.78, 5) is 37.5. The van der Waals surface area contributed by atoms with Crippen molar-refractivity contribution in [2.45, 2.75) is 0 Å². The van der Waals surface area contributed by atoms with Crippen LogP contribution in [0.4, 0.5) is 5.69 Å². The van der Waals surface area contributed by atoms with Crippen LogP contribution < -0.4 is 10.2 Å². The number of thiocarbonyl (C=S) groups is 1. The monoisotopic (exact) mass is 480 g/mol. The maximum Gasteiger partial charge on any atom is 0.335 e. The third kappa shape index (κ3) is 3.77. The highest BCUT2D eigenvalue weighted by Gasteiger charge is 2.34. The molecular weight excluding hydrogens is 472 g/mol. The van der Waals surface area contributed by atoms with Gasteiger partial charge in [0.15, 0.2) is 5.11 Å². The zero-order valence-corrected chi connectivity index (χ0v) is 16.9. The first-order valence-corrected chi connectivity index (χ1v) is 9.20. The number of hydrogen-bond donors (Lipinski definition) is 3. The Bertz CT molecular complexity index is 1060. The number of carboxylic acids is 1. The molecule has 0 unspecified atom stereocenters. The molecule has 3 rings (SSSR count). The van der Waals surface area contributed by atoms with Gasteiger partial charge in [-0.05, 0) is 70.1 Å². The van der Waals surface area contributed by atoms with E-state index in [2.05, 4.69) is 21.2 Å². The average Bonchev–Trinajstić information content (AvgIpc) is 2.63. The summed E-state index contributed by atoms with van der Waals surface area (Å²) in [7, 11) is 0. The SMILES string of the molecule is O=C1NC(=S)N(c2cccc(C(=O)O)c2)C(=O)C1=Cc1cc(Cl)c(O)c(Br)c1. The van der Waals surface area contributed by atoms with Gasteiger partial charge in [0.05, 0.1) is 20.7 Å². The second-order valence-corrected chi connectivity index (χ2v) is 7.29. The number of hydrogen-bond acceptors (Lipinski definition) is 5. The average molecular weight is 482 g/mol. The molecule has 2 amide bonds. The molecule has 0 saturated carbocycles. The van der Waals surface area contributed by atoms with Crippen molar-refractivity contribution in [3.8, 4) is 5.75 Å². The number of phenolic OH excluding ortho intramolecular Hbond substituents is 1. The van der Waals surface area contributed by atoms with Crippen LogP contribution in [0, 0.1) is 0 Å². The molecule has 10 heteroatoms. The van der Waals surface area contributed by atoms with E-state index in [4.69, 9.17) is 28.9 Å². The van der Waals surface area contributed by atoms with Gasteiger partial charge in [0.2, 0.25) is 0 Å². The Hall–Kier alpha value is -2.75. The molecule has 2 aromatic rings. The first-order valence-electron chi connectivity index (χ1n) is 7.62. The van der Waals surface area contributed by atoms with Crippen LogP contribution in [0.3, 0.4) is 0 Å². The molecule has 0 aliphatic carbocycles. The van der Waals surface area contributed by atoms with Crippen molar-refractivity contribution in [3.05, 3.63) is 62.6 Å². The zero-order chi connectivity index (χ0) is 20.6. The van der Waals surface area contributed by atoms with Crippen LogP contribution in [0.25, 0.3) is 6.08 Å². The molecule has 0 aromatic heterocycles. The molecule has 142 valence electrons. The number of benzene rings is 2. The summed E-state index contributed by atoms with van der Waals surface area (Å²) in [5, 5.41) is 21.1. The van der Waals surface area contributed by atoms with E-state index in [9.17, 15) is 19.5 Å². The highest BCUT2D eigenvalue weighted by atomic mass is 79.9. The molecule has 0 bridgehead atoms. The van der Waals surface area contributed by atoms with Gasteiger partial charge in [-0.3, -0.25) is 19.8 Å². The Morgan fingerprint density at radius 3 is 2.61 bits per heavy atom. The minimum absolute atomic E-state index is 0.0337. The summed E-state index contributed by atoms with van der Waals surface area (Å²) in [6.07, 6.45) is 1.30. The second kappa shape index (κ2) is 7.70. The van der Waals surface area contributed by atoms with E-state index in [1.165, 1.54) is 42.5 Å². The number of aromatic hydroxyl groups is 1. The van der Waals surface area contributed by atoms with Crippen molar-refractivity contribution in [3.63, 3.8) is 0 Å². The van der Waals surface area contributed by atoms with E-state index in [0.29, 0.717) is 5.56 Å². The molecule has 1 fully saturated rings. The van der Waals surface area contributed by atoms with Gasteiger partial charge in [-0.15, -0.1) is 0 Å². The second-order valence-electron chi connectivity index (χ2n) is 5.65. The van der Waals surface area contributed by atoms with Gasteiger partial charge in [0, 0.05) is 0 Å². The van der Waals surface area contributed by atoms with E-state index < -0.39 is 17.8 Å². The summed E-state index contributed by atoms with van der Waals surface area (Å²) in [5.41, 5.74) is 0.318. The molecule has 2 aromatic carbocycles. The number of rotatable bonds is 3. The van der Waals surface area contributed by atoms with Gasteiger partial charge in [0.1, 0.15) is 11.3 Å². The summed E-state index contributed by atoms with van der Waals surface area (Å²) < 4.78 is 0.289. The quantitative estimate of drug-likeness (QED) is 0.353. The number of carbonyl (C=O) groups excluding carboxylic acids is 2. The van der Waals surface area contributed by atoms with Crippen LogP contribution >= 0.6 is 39.7 Å². The Morgan fingerprint density at radius 2 is 1.96 bits per heavy atom. The standard InChI is InChI=1S/C18H10BrClN2O5S/c19-12-5-8(6-13(20)14(12)23)4-11-15(24)21-18(28)22(16(11)25)10-3-1-2-9(7-10)17(26)27/h1-7,23H,(H,26,27)(H,21,24,28). The summed E-state index contributed by atoms with van der Waals surface area (Å²) >= 11 is 14.1. The van der Waals surface area contributed by atoms with Gasteiger partial charge in [-0.2, -0.15) is 0 Å². The normalized spacial score (nSPS) is 15.7. The van der Waals surface area contributed by atoms with Crippen molar-refractivity contribution < 1.29 is 24.6 Å². The number of aromatic carboxylic acids is 1. The maximum atomic E-state index is 12.9. The molecule has 0 atom stereocenters. The molecule has 0 spiro atoms. The lowest BCUT2D eigenvalue weighted by atomic mass is 10.1. The topological polar surface area (TPSA) is 107 Å². The molecule has 0 radical (unpaired) electrons. The number of carbonyl (C=O) groups is 3. The molecule has 1 aliphatic rings. The predicted octanol–water partition coefficient (Wildman–Crippen LogP) is 3.34. The lowest BCUT2D eigenvalue weighted by molar-refractivity contribution is -0.122.